The van der Waals surface area contributed by atoms with Crippen LogP contribution in [0.2, 0.25) is 0 Å². The van der Waals surface area contributed by atoms with Crippen molar-refractivity contribution >= 4 is 11.8 Å². The summed E-state index contributed by atoms with van der Waals surface area (Å²) in [6, 6.07) is 10.9. The van der Waals surface area contributed by atoms with Crippen molar-refractivity contribution in [3.05, 3.63) is 42.2 Å². The first-order valence-electron chi connectivity index (χ1n) is 6.49. The molecule has 2 atom stereocenters. The Bertz CT molecular complexity index is 497. The monoisotopic (exact) mass is 276 g/mol. The van der Waals surface area contributed by atoms with E-state index in [-0.39, 0.29) is 0 Å². The SMILES string of the molecule is CCC(Sc1nncn1C)C(NC)c1ccccc1. The highest BCUT2D eigenvalue weighted by Crippen LogP contribution is 2.32. The molecule has 2 aromatic rings. The van der Waals surface area contributed by atoms with Gasteiger partial charge in [-0.05, 0) is 19.0 Å². The van der Waals surface area contributed by atoms with Gasteiger partial charge in [0.1, 0.15) is 6.33 Å². The smallest absolute Gasteiger partial charge is 0.191 e. The van der Waals surface area contributed by atoms with Crippen molar-refractivity contribution in [2.45, 2.75) is 29.8 Å². The number of benzene rings is 1. The van der Waals surface area contributed by atoms with Crippen LogP contribution in [0.1, 0.15) is 24.9 Å². The molecule has 0 aliphatic carbocycles. The third-order valence-electron chi connectivity index (χ3n) is 3.17. The van der Waals surface area contributed by atoms with E-state index in [1.165, 1.54) is 5.56 Å². The molecule has 0 bridgehead atoms. The standard InChI is InChI=1S/C14H20N4S/c1-4-12(19-14-17-16-10-18(14)3)13(15-2)11-8-6-5-7-9-11/h5-10,12-13,15H,4H2,1-3H3. The maximum atomic E-state index is 4.16. The van der Waals surface area contributed by atoms with Gasteiger partial charge in [-0.15, -0.1) is 10.2 Å². The van der Waals surface area contributed by atoms with Gasteiger partial charge in [0.2, 0.25) is 0 Å². The van der Waals surface area contributed by atoms with Crippen LogP contribution in [0, 0.1) is 0 Å². The van der Waals surface area contributed by atoms with Crippen molar-refractivity contribution in [1.29, 1.82) is 0 Å². The molecule has 0 spiro atoms. The summed E-state index contributed by atoms with van der Waals surface area (Å²) in [6.45, 7) is 2.21. The number of aromatic nitrogens is 3. The summed E-state index contributed by atoms with van der Waals surface area (Å²) < 4.78 is 1.96. The van der Waals surface area contributed by atoms with Crippen LogP contribution in [0.15, 0.2) is 41.8 Å². The predicted octanol–water partition coefficient (Wildman–Crippen LogP) is 2.65. The van der Waals surface area contributed by atoms with Crippen LogP contribution in [0.4, 0.5) is 0 Å². The minimum atomic E-state index is 0.313. The summed E-state index contributed by atoms with van der Waals surface area (Å²) in [5.41, 5.74) is 1.31. The van der Waals surface area contributed by atoms with Crippen molar-refractivity contribution in [2.24, 2.45) is 7.05 Å². The zero-order chi connectivity index (χ0) is 13.7. The molecule has 1 aromatic heterocycles. The lowest BCUT2D eigenvalue weighted by Crippen LogP contribution is -2.27. The van der Waals surface area contributed by atoms with E-state index >= 15 is 0 Å². The number of thioether (sulfide) groups is 1. The van der Waals surface area contributed by atoms with Gasteiger partial charge in [-0.25, -0.2) is 0 Å². The Morgan fingerprint density at radius 2 is 2.05 bits per heavy atom. The average Bonchev–Trinajstić information content (AvgIpc) is 2.85. The molecule has 4 nitrogen and oxygen atoms in total. The van der Waals surface area contributed by atoms with E-state index in [4.69, 9.17) is 0 Å². The van der Waals surface area contributed by atoms with Crippen molar-refractivity contribution < 1.29 is 0 Å². The highest BCUT2D eigenvalue weighted by molar-refractivity contribution is 7.99. The molecule has 1 heterocycles. The molecular formula is C14H20N4S. The number of hydrogen-bond donors (Lipinski definition) is 1. The lowest BCUT2D eigenvalue weighted by molar-refractivity contribution is 0.553. The molecule has 102 valence electrons. The highest BCUT2D eigenvalue weighted by atomic mass is 32.2. The largest absolute Gasteiger partial charge is 0.312 e. The first kappa shape index (κ1) is 14.1. The minimum Gasteiger partial charge on any atom is -0.312 e. The molecule has 0 saturated heterocycles. The molecule has 0 amide bonds. The van der Waals surface area contributed by atoms with E-state index in [1.807, 2.05) is 24.7 Å². The van der Waals surface area contributed by atoms with Crippen LogP contribution in [0.25, 0.3) is 0 Å². The van der Waals surface area contributed by atoms with Gasteiger partial charge in [0.25, 0.3) is 0 Å². The normalized spacial score (nSPS) is 14.3. The second-order valence-corrected chi connectivity index (χ2v) is 5.67. The first-order valence-corrected chi connectivity index (χ1v) is 7.37. The number of rotatable bonds is 6. The van der Waals surface area contributed by atoms with Crippen LogP contribution in [0.5, 0.6) is 0 Å². The first-order chi connectivity index (χ1) is 9.26. The number of nitrogens with one attached hydrogen (secondary N) is 1. The van der Waals surface area contributed by atoms with Crippen LogP contribution < -0.4 is 5.32 Å². The second kappa shape index (κ2) is 6.73. The predicted molar refractivity (Wildman–Crippen MR) is 79.2 cm³/mol. The van der Waals surface area contributed by atoms with E-state index in [1.54, 1.807) is 18.1 Å². The molecular weight excluding hydrogens is 256 g/mol. The molecule has 0 radical (unpaired) electrons. The Balaban J connectivity index is 2.17. The summed E-state index contributed by atoms with van der Waals surface area (Å²) >= 11 is 1.78. The fourth-order valence-corrected chi connectivity index (χ4v) is 3.30. The summed E-state index contributed by atoms with van der Waals surface area (Å²) in [5.74, 6) is 0. The Kier molecular flexibility index (Phi) is 4.99. The zero-order valence-electron chi connectivity index (χ0n) is 11.6. The van der Waals surface area contributed by atoms with E-state index in [9.17, 15) is 0 Å². The van der Waals surface area contributed by atoms with Crippen molar-refractivity contribution in [1.82, 2.24) is 20.1 Å². The van der Waals surface area contributed by atoms with Crippen LogP contribution >= 0.6 is 11.8 Å². The maximum absolute atomic E-state index is 4.16. The van der Waals surface area contributed by atoms with Crippen LogP contribution in [-0.2, 0) is 7.05 Å². The van der Waals surface area contributed by atoms with Gasteiger partial charge >= 0.3 is 0 Å². The molecule has 19 heavy (non-hydrogen) atoms. The van der Waals surface area contributed by atoms with Gasteiger partial charge in [-0.2, -0.15) is 0 Å². The highest BCUT2D eigenvalue weighted by Gasteiger charge is 2.22. The van der Waals surface area contributed by atoms with Crippen LogP contribution in [0.3, 0.4) is 0 Å². The molecule has 5 heteroatoms. The third-order valence-corrected chi connectivity index (χ3v) is 4.66. The molecule has 0 saturated carbocycles. The number of hydrogen-bond acceptors (Lipinski definition) is 4. The zero-order valence-corrected chi connectivity index (χ0v) is 12.4. The molecule has 2 unspecified atom stereocenters. The van der Waals surface area contributed by atoms with E-state index < -0.39 is 0 Å². The molecule has 0 aliphatic heterocycles. The van der Waals surface area contributed by atoms with E-state index in [0.29, 0.717) is 11.3 Å². The van der Waals surface area contributed by atoms with Gasteiger partial charge in [0, 0.05) is 18.3 Å². The average molecular weight is 276 g/mol. The van der Waals surface area contributed by atoms with Gasteiger partial charge < -0.3 is 9.88 Å². The third kappa shape index (κ3) is 3.36. The number of nitrogens with zero attached hydrogens (tertiary/aromatic N) is 3. The Morgan fingerprint density at radius 3 is 2.58 bits per heavy atom. The molecule has 2 rings (SSSR count). The summed E-state index contributed by atoms with van der Waals surface area (Å²) in [6.07, 6.45) is 2.81. The van der Waals surface area contributed by atoms with Crippen LogP contribution in [-0.4, -0.2) is 27.1 Å². The molecule has 1 aromatic carbocycles. The second-order valence-electron chi connectivity index (χ2n) is 4.47. The molecule has 0 aliphatic rings. The van der Waals surface area contributed by atoms with Gasteiger partial charge in [0.05, 0.1) is 0 Å². The summed E-state index contributed by atoms with van der Waals surface area (Å²) in [7, 11) is 3.99. The minimum absolute atomic E-state index is 0.313. The lowest BCUT2D eigenvalue weighted by Gasteiger charge is -2.25. The topological polar surface area (TPSA) is 42.7 Å². The lowest BCUT2D eigenvalue weighted by atomic mass is 10.0. The van der Waals surface area contributed by atoms with Crippen molar-refractivity contribution in [3.63, 3.8) is 0 Å². The van der Waals surface area contributed by atoms with Gasteiger partial charge in [-0.3, -0.25) is 0 Å². The quantitative estimate of drug-likeness (QED) is 0.824. The molecule has 0 fully saturated rings. The van der Waals surface area contributed by atoms with Crippen molar-refractivity contribution in [3.8, 4) is 0 Å². The number of aryl methyl sites for hydroxylation is 1. The fraction of sp³-hybridized carbons (Fsp3) is 0.429. The van der Waals surface area contributed by atoms with Gasteiger partial charge in [0.15, 0.2) is 5.16 Å². The maximum Gasteiger partial charge on any atom is 0.191 e. The fourth-order valence-electron chi connectivity index (χ4n) is 2.13. The van der Waals surface area contributed by atoms with E-state index in [2.05, 4.69) is 46.7 Å². The Labute approximate surface area is 118 Å². The van der Waals surface area contributed by atoms with Gasteiger partial charge in [-0.1, -0.05) is 49.0 Å². The van der Waals surface area contributed by atoms with E-state index in [0.717, 1.165) is 11.6 Å². The Hall–Kier alpha value is -1.33. The summed E-state index contributed by atoms with van der Waals surface area (Å²) in [4.78, 5) is 0. The van der Waals surface area contributed by atoms with Crippen molar-refractivity contribution in [2.75, 3.05) is 7.05 Å². The Morgan fingerprint density at radius 1 is 1.32 bits per heavy atom. The summed E-state index contributed by atoms with van der Waals surface area (Å²) in [5, 5.41) is 12.9. The molecule has 1 N–H and O–H groups in total.